The monoisotopic (exact) mass is 382 g/mol. The summed E-state index contributed by atoms with van der Waals surface area (Å²) in [6, 6.07) is 16.2. The Bertz CT molecular complexity index is 786. The van der Waals surface area contributed by atoms with E-state index in [0.717, 1.165) is 30.5 Å². The molecule has 0 aliphatic rings. The lowest BCUT2D eigenvalue weighted by molar-refractivity contribution is -0.123. The molecule has 0 atom stereocenters. The first-order chi connectivity index (χ1) is 13.6. The van der Waals surface area contributed by atoms with Crippen molar-refractivity contribution in [2.24, 2.45) is 5.10 Å². The Kier molecular flexibility index (Phi) is 8.72. The molecule has 2 rings (SSSR count). The van der Waals surface area contributed by atoms with E-state index >= 15 is 0 Å². The van der Waals surface area contributed by atoms with Gasteiger partial charge in [-0.25, -0.2) is 10.2 Å². The topological polar surface area (TPSA) is 77.0 Å². The van der Waals surface area contributed by atoms with E-state index in [1.165, 1.54) is 0 Å². The van der Waals surface area contributed by atoms with Gasteiger partial charge in [-0.2, -0.15) is 5.10 Å². The number of carbonyl (C=O) groups is 2. The molecule has 2 aromatic rings. The summed E-state index contributed by atoms with van der Waals surface area (Å²) in [6.07, 6.45) is 2.46. The molecule has 0 spiro atoms. The zero-order valence-electron chi connectivity index (χ0n) is 16.3. The minimum atomic E-state index is -0.371. The summed E-state index contributed by atoms with van der Waals surface area (Å²) in [5.74, 6) is -0.233. The first-order valence-electron chi connectivity index (χ1n) is 9.44. The van der Waals surface area contributed by atoms with Crippen molar-refractivity contribution >= 4 is 17.6 Å². The van der Waals surface area contributed by atoms with Crippen LogP contribution in [0.15, 0.2) is 59.7 Å². The van der Waals surface area contributed by atoms with Crippen molar-refractivity contribution in [1.82, 2.24) is 5.43 Å². The largest absolute Gasteiger partial charge is 0.484 e. The Labute approximate surface area is 165 Å². The average Bonchev–Trinajstić information content (AvgIpc) is 2.74. The Hall–Kier alpha value is -3.15. The summed E-state index contributed by atoms with van der Waals surface area (Å²) in [7, 11) is 0. The zero-order valence-corrected chi connectivity index (χ0v) is 16.3. The number of nitrogens with zero attached hydrogens (tertiary/aromatic N) is 1. The lowest BCUT2D eigenvalue weighted by Gasteiger charge is -2.08. The molecular weight excluding hydrogens is 356 g/mol. The second kappa shape index (κ2) is 11.5. The molecule has 0 heterocycles. The molecule has 6 heteroatoms. The van der Waals surface area contributed by atoms with E-state index in [0.29, 0.717) is 17.9 Å². The average molecular weight is 382 g/mol. The number of benzene rings is 2. The third-order valence-electron chi connectivity index (χ3n) is 3.81. The molecule has 0 aromatic heterocycles. The van der Waals surface area contributed by atoms with E-state index in [9.17, 15) is 9.59 Å². The maximum absolute atomic E-state index is 12.0. The van der Waals surface area contributed by atoms with Gasteiger partial charge in [0.1, 0.15) is 5.75 Å². The standard InChI is InChI=1S/C22H26N2O4/c1-3-8-20(17-9-6-5-7-10-17)23-24-21(25)16-28-19-13-11-18(12-14-19)22(26)27-15-4-2/h5-7,9-14H,3-4,8,15-16H2,1-2H3,(H,24,25). The van der Waals surface area contributed by atoms with Crippen molar-refractivity contribution < 1.29 is 19.1 Å². The summed E-state index contributed by atoms with van der Waals surface area (Å²) >= 11 is 0. The first kappa shape index (κ1) is 21.2. The molecule has 2 aromatic carbocycles. The third-order valence-corrected chi connectivity index (χ3v) is 3.81. The lowest BCUT2D eigenvalue weighted by atomic mass is 10.1. The van der Waals surface area contributed by atoms with Gasteiger partial charge in [0.2, 0.25) is 0 Å². The lowest BCUT2D eigenvalue weighted by Crippen LogP contribution is -2.26. The second-order valence-electron chi connectivity index (χ2n) is 6.16. The fourth-order valence-electron chi connectivity index (χ4n) is 2.41. The smallest absolute Gasteiger partial charge is 0.338 e. The summed E-state index contributed by atoms with van der Waals surface area (Å²) in [6.45, 7) is 4.22. The predicted octanol–water partition coefficient (Wildman–Crippen LogP) is 3.95. The van der Waals surface area contributed by atoms with Crippen LogP contribution in [0.5, 0.6) is 5.75 Å². The van der Waals surface area contributed by atoms with Gasteiger partial charge in [0.15, 0.2) is 6.61 Å². The van der Waals surface area contributed by atoms with E-state index in [2.05, 4.69) is 17.5 Å². The fourth-order valence-corrected chi connectivity index (χ4v) is 2.41. The van der Waals surface area contributed by atoms with Gasteiger partial charge in [0.05, 0.1) is 17.9 Å². The SMILES string of the molecule is CCCOC(=O)c1ccc(OCC(=O)NN=C(CCC)c2ccccc2)cc1. The summed E-state index contributed by atoms with van der Waals surface area (Å²) in [4.78, 5) is 23.8. The molecule has 148 valence electrons. The molecule has 0 saturated heterocycles. The number of hydrogen-bond acceptors (Lipinski definition) is 5. The number of esters is 1. The highest BCUT2D eigenvalue weighted by Crippen LogP contribution is 2.13. The minimum absolute atomic E-state index is 0.169. The summed E-state index contributed by atoms with van der Waals surface area (Å²) < 4.78 is 10.5. The van der Waals surface area contributed by atoms with Gasteiger partial charge in [-0.15, -0.1) is 0 Å². The molecule has 0 unspecified atom stereocenters. The van der Waals surface area contributed by atoms with Crippen LogP contribution in [0.1, 0.15) is 49.0 Å². The van der Waals surface area contributed by atoms with Crippen molar-refractivity contribution in [3.8, 4) is 5.75 Å². The van der Waals surface area contributed by atoms with E-state index in [-0.39, 0.29) is 18.5 Å². The van der Waals surface area contributed by atoms with Crippen molar-refractivity contribution in [3.63, 3.8) is 0 Å². The highest BCUT2D eigenvalue weighted by Gasteiger charge is 2.08. The summed E-state index contributed by atoms with van der Waals surface area (Å²) in [5.41, 5.74) is 4.79. The second-order valence-corrected chi connectivity index (χ2v) is 6.16. The van der Waals surface area contributed by atoms with E-state index in [1.54, 1.807) is 24.3 Å². The zero-order chi connectivity index (χ0) is 20.2. The molecule has 0 radical (unpaired) electrons. The van der Waals surface area contributed by atoms with Crippen LogP contribution in [0.3, 0.4) is 0 Å². The van der Waals surface area contributed by atoms with E-state index < -0.39 is 0 Å². The van der Waals surface area contributed by atoms with Crippen molar-refractivity contribution in [1.29, 1.82) is 0 Å². The molecule has 0 fully saturated rings. The Balaban J connectivity index is 1.86. The molecule has 0 bridgehead atoms. The Morgan fingerprint density at radius 3 is 2.29 bits per heavy atom. The number of hydrogen-bond donors (Lipinski definition) is 1. The molecule has 6 nitrogen and oxygen atoms in total. The Morgan fingerprint density at radius 1 is 0.929 bits per heavy atom. The van der Waals surface area contributed by atoms with Crippen LogP contribution < -0.4 is 10.2 Å². The molecule has 0 aliphatic carbocycles. The van der Waals surface area contributed by atoms with Gasteiger partial charge in [-0.3, -0.25) is 4.79 Å². The normalized spacial score (nSPS) is 11.0. The van der Waals surface area contributed by atoms with Crippen LogP contribution in [0.25, 0.3) is 0 Å². The minimum Gasteiger partial charge on any atom is -0.484 e. The number of carbonyl (C=O) groups excluding carboxylic acids is 2. The maximum Gasteiger partial charge on any atom is 0.338 e. The fraction of sp³-hybridized carbons (Fsp3) is 0.318. The number of ether oxygens (including phenoxy) is 2. The highest BCUT2D eigenvalue weighted by molar-refractivity contribution is 6.01. The maximum atomic E-state index is 12.0. The summed E-state index contributed by atoms with van der Waals surface area (Å²) in [5, 5.41) is 4.24. The third kappa shape index (κ3) is 6.87. The van der Waals surface area contributed by atoms with Gasteiger partial charge in [-0.05, 0) is 42.7 Å². The van der Waals surface area contributed by atoms with Gasteiger partial charge < -0.3 is 9.47 Å². The van der Waals surface area contributed by atoms with Gasteiger partial charge in [0, 0.05) is 0 Å². The van der Waals surface area contributed by atoms with Gasteiger partial charge >= 0.3 is 5.97 Å². The van der Waals surface area contributed by atoms with E-state index in [4.69, 9.17) is 9.47 Å². The van der Waals surface area contributed by atoms with Crippen molar-refractivity contribution in [2.75, 3.05) is 13.2 Å². The Morgan fingerprint density at radius 2 is 1.64 bits per heavy atom. The van der Waals surface area contributed by atoms with Crippen LogP contribution in [0.2, 0.25) is 0 Å². The van der Waals surface area contributed by atoms with Crippen LogP contribution >= 0.6 is 0 Å². The van der Waals surface area contributed by atoms with Crippen molar-refractivity contribution in [2.45, 2.75) is 33.1 Å². The van der Waals surface area contributed by atoms with Gasteiger partial charge in [0.25, 0.3) is 5.91 Å². The number of rotatable bonds is 10. The number of nitrogens with one attached hydrogen (secondary N) is 1. The molecule has 0 aliphatic heterocycles. The molecule has 1 N–H and O–H groups in total. The molecule has 28 heavy (non-hydrogen) atoms. The van der Waals surface area contributed by atoms with Crippen molar-refractivity contribution in [3.05, 3.63) is 65.7 Å². The van der Waals surface area contributed by atoms with Crippen LogP contribution in [-0.2, 0) is 9.53 Å². The van der Waals surface area contributed by atoms with Gasteiger partial charge in [-0.1, -0.05) is 50.6 Å². The van der Waals surface area contributed by atoms with E-state index in [1.807, 2.05) is 37.3 Å². The molecule has 0 saturated carbocycles. The van der Waals surface area contributed by atoms with Crippen LogP contribution in [0, 0.1) is 0 Å². The number of hydrazone groups is 1. The predicted molar refractivity (Wildman–Crippen MR) is 109 cm³/mol. The van der Waals surface area contributed by atoms with Crippen LogP contribution in [-0.4, -0.2) is 30.8 Å². The highest BCUT2D eigenvalue weighted by atomic mass is 16.5. The number of amides is 1. The molecule has 1 amide bonds. The first-order valence-corrected chi connectivity index (χ1v) is 9.44. The van der Waals surface area contributed by atoms with Crippen LogP contribution in [0.4, 0.5) is 0 Å². The molecular formula is C22H26N2O4. The quantitative estimate of drug-likeness (QED) is 0.383.